The van der Waals surface area contributed by atoms with E-state index in [0.717, 1.165) is 0 Å². The molecule has 1 atom stereocenters. The molecule has 0 heterocycles. The number of hydrogen-bond donors (Lipinski definition) is 2. The van der Waals surface area contributed by atoms with Crippen molar-refractivity contribution in [3.05, 3.63) is 29.1 Å². The van der Waals surface area contributed by atoms with Gasteiger partial charge in [-0.15, -0.1) is 0 Å². The Labute approximate surface area is 99.2 Å². The fourth-order valence-corrected chi connectivity index (χ4v) is 1.57. The molecule has 0 spiro atoms. The van der Waals surface area contributed by atoms with Crippen molar-refractivity contribution in [3.8, 4) is 5.75 Å². The summed E-state index contributed by atoms with van der Waals surface area (Å²) < 4.78 is 18.4. The normalized spacial score (nSPS) is 12.2. The molecule has 17 heavy (non-hydrogen) atoms. The van der Waals surface area contributed by atoms with Crippen molar-refractivity contribution in [3.63, 3.8) is 0 Å². The van der Waals surface area contributed by atoms with Crippen molar-refractivity contribution >= 4 is 5.97 Å². The van der Waals surface area contributed by atoms with Crippen molar-refractivity contribution in [2.45, 2.75) is 25.8 Å². The summed E-state index contributed by atoms with van der Waals surface area (Å²) in [5.74, 6) is -1.18. The molecule has 0 amide bonds. The van der Waals surface area contributed by atoms with Crippen LogP contribution in [0.2, 0.25) is 0 Å². The Hall–Kier alpha value is -1.62. The fraction of sp³-hybridized carbons (Fsp3) is 0.417. The first-order valence-corrected chi connectivity index (χ1v) is 5.27. The number of carboxylic acid groups (broad SMARTS) is 1. The summed E-state index contributed by atoms with van der Waals surface area (Å²) in [5, 5.41) is 8.57. The molecule has 0 aliphatic rings. The second-order valence-electron chi connectivity index (χ2n) is 3.89. The second-order valence-corrected chi connectivity index (χ2v) is 3.89. The molecule has 0 saturated heterocycles. The number of aliphatic carboxylic acids is 1. The van der Waals surface area contributed by atoms with Crippen molar-refractivity contribution in [2.24, 2.45) is 5.73 Å². The van der Waals surface area contributed by atoms with Gasteiger partial charge in [0.05, 0.1) is 7.11 Å². The molecule has 0 fully saturated rings. The quantitative estimate of drug-likeness (QED) is 0.827. The van der Waals surface area contributed by atoms with Gasteiger partial charge in [-0.25, -0.2) is 4.39 Å². The summed E-state index contributed by atoms with van der Waals surface area (Å²) in [6.07, 6.45) is 0.295. The molecule has 0 aliphatic carbocycles. The molecule has 94 valence electrons. The molecule has 1 unspecified atom stereocenters. The van der Waals surface area contributed by atoms with E-state index in [-0.39, 0.29) is 12.2 Å². The van der Waals surface area contributed by atoms with Crippen LogP contribution in [0.3, 0.4) is 0 Å². The molecule has 0 aliphatic heterocycles. The summed E-state index contributed by atoms with van der Waals surface area (Å²) in [5.41, 5.74) is 6.96. The molecule has 0 saturated carbocycles. The topological polar surface area (TPSA) is 72.5 Å². The van der Waals surface area contributed by atoms with E-state index < -0.39 is 17.8 Å². The van der Waals surface area contributed by atoms with Gasteiger partial charge in [0.25, 0.3) is 0 Å². The number of aryl methyl sites for hydroxylation is 1. The Morgan fingerprint density at radius 1 is 1.59 bits per heavy atom. The zero-order valence-electron chi connectivity index (χ0n) is 9.87. The molecule has 0 radical (unpaired) electrons. The van der Waals surface area contributed by atoms with Gasteiger partial charge in [-0.2, -0.15) is 0 Å². The van der Waals surface area contributed by atoms with E-state index >= 15 is 0 Å². The Morgan fingerprint density at radius 3 is 2.76 bits per heavy atom. The van der Waals surface area contributed by atoms with Gasteiger partial charge in [0, 0.05) is 12.5 Å². The highest BCUT2D eigenvalue weighted by Gasteiger charge is 2.14. The lowest BCUT2D eigenvalue weighted by Gasteiger charge is -2.14. The smallest absolute Gasteiger partial charge is 0.303 e. The zero-order valence-corrected chi connectivity index (χ0v) is 9.87. The zero-order chi connectivity index (χ0) is 13.0. The van der Waals surface area contributed by atoms with Crippen LogP contribution in [0.5, 0.6) is 5.75 Å². The van der Waals surface area contributed by atoms with Gasteiger partial charge < -0.3 is 15.6 Å². The van der Waals surface area contributed by atoms with E-state index in [0.29, 0.717) is 17.5 Å². The van der Waals surface area contributed by atoms with Crippen molar-refractivity contribution in [1.29, 1.82) is 0 Å². The summed E-state index contributed by atoms with van der Waals surface area (Å²) in [7, 11) is 1.38. The number of benzene rings is 1. The minimum absolute atomic E-state index is 0.0140. The minimum atomic E-state index is -0.897. The van der Waals surface area contributed by atoms with Crippen LogP contribution in [0.25, 0.3) is 0 Å². The van der Waals surface area contributed by atoms with Crippen LogP contribution >= 0.6 is 0 Å². The van der Waals surface area contributed by atoms with Gasteiger partial charge in [0.15, 0.2) is 11.6 Å². The third-order valence-corrected chi connectivity index (χ3v) is 2.56. The van der Waals surface area contributed by atoms with Gasteiger partial charge in [-0.05, 0) is 30.5 Å². The lowest BCUT2D eigenvalue weighted by atomic mass is 10.0. The maximum Gasteiger partial charge on any atom is 0.303 e. The van der Waals surface area contributed by atoms with E-state index in [4.69, 9.17) is 15.6 Å². The average molecular weight is 241 g/mol. The number of rotatable bonds is 5. The number of hydrogen-bond acceptors (Lipinski definition) is 3. The van der Waals surface area contributed by atoms with Gasteiger partial charge >= 0.3 is 5.97 Å². The van der Waals surface area contributed by atoms with Crippen LogP contribution in [0.4, 0.5) is 4.39 Å². The Morgan fingerprint density at radius 2 is 2.24 bits per heavy atom. The highest BCUT2D eigenvalue weighted by atomic mass is 19.1. The molecule has 0 aromatic heterocycles. The first-order chi connectivity index (χ1) is 7.95. The van der Waals surface area contributed by atoms with Gasteiger partial charge in [-0.1, -0.05) is 6.07 Å². The Balaban J connectivity index is 2.90. The number of ether oxygens (including phenoxy) is 1. The van der Waals surface area contributed by atoms with Crippen molar-refractivity contribution in [1.82, 2.24) is 0 Å². The fourth-order valence-electron chi connectivity index (χ4n) is 1.57. The van der Waals surface area contributed by atoms with E-state index in [1.807, 2.05) is 0 Å². The number of nitrogens with two attached hydrogens (primary N) is 1. The molecule has 0 bridgehead atoms. The molecule has 1 aromatic rings. The third-order valence-electron chi connectivity index (χ3n) is 2.56. The molecule has 5 heteroatoms. The SMILES string of the molecule is COc1cc(C(N)CCC(=O)O)cc(C)c1F. The molecule has 4 nitrogen and oxygen atoms in total. The van der Waals surface area contributed by atoms with Crippen molar-refractivity contribution in [2.75, 3.05) is 7.11 Å². The Bertz CT molecular complexity index is 420. The van der Waals surface area contributed by atoms with Crippen LogP contribution < -0.4 is 10.5 Å². The lowest BCUT2D eigenvalue weighted by Crippen LogP contribution is -2.13. The maximum absolute atomic E-state index is 13.5. The molecule has 3 N–H and O–H groups in total. The van der Waals surface area contributed by atoms with Crippen LogP contribution in [0.1, 0.15) is 30.0 Å². The average Bonchev–Trinajstić information content (AvgIpc) is 2.29. The van der Waals surface area contributed by atoms with E-state index in [1.165, 1.54) is 13.2 Å². The Kier molecular flexibility index (Phi) is 4.45. The van der Waals surface area contributed by atoms with E-state index in [9.17, 15) is 9.18 Å². The monoisotopic (exact) mass is 241 g/mol. The summed E-state index contributed by atoms with van der Waals surface area (Å²) >= 11 is 0. The number of methoxy groups -OCH3 is 1. The van der Waals surface area contributed by atoms with Crippen LogP contribution in [0, 0.1) is 12.7 Å². The lowest BCUT2D eigenvalue weighted by molar-refractivity contribution is -0.137. The van der Waals surface area contributed by atoms with Crippen molar-refractivity contribution < 1.29 is 19.0 Å². The molecular formula is C12H16FNO3. The van der Waals surface area contributed by atoms with Gasteiger partial charge in [0.1, 0.15) is 0 Å². The van der Waals surface area contributed by atoms with E-state index in [2.05, 4.69) is 0 Å². The number of carbonyl (C=O) groups is 1. The maximum atomic E-state index is 13.5. The predicted octanol–water partition coefficient (Wildman–Crippen LogP) is 2.01. The summed E-state index contributed by atoms with van der Waals surface area (Å²) in [6.45, 7) is 1.62. The number of carboxylic acids is 1. The highest BCUT2D eigenvalue weighted by Crippen LogP contribution is 2.26. The van der Waals surface area contributed by atoms with Crippen LogP contribution in [0.15, 0.2) is 12.1 Å². The highest BCUT2D eigenvalue weighted by molar-refractivity contribution is 5.66. The first kappa shape index (κ1) is 13.4. The van der Waals surface area contributed by atoms with Crippen LogP contribution in [-0.2, 0) is 4.79 Å². The molecule has 1 aromatic carbocycles. The first-order valence-electron chi connectivity index (χ1n) is 5.27. The van der Waals surface area contributed by atoms with Gasteiger partial charge in [-0.3, -0.25) is 4.79 Å². The van der Waals surface area contributed by atoms with E-state index in [1.54, 1.807) is 13.0 Å². The standard InChI is InChI=1S/C12H16FNO3/c1-7-5-8(6-10(17-2)12(7)13)9(14)3-4-11(15)16/h5-6,9H,3-4,14H2,1-2H3,(H,15,16). The molecule has 1 rings (SSSR count). The molecular weight excluding hydrogens is 225 g/mol. The summed E-state index contributed by atoms with van der Waals surface area (Å²) in [4.78, 5) is 10.4. The third kappa shape index (κ3) is 3.42. The number of halogens is 1. The van der Waals surface area contributed by atoms with Crippen LogP contribution in [-0.4, -0.2) is 18.2 Å². The van der Waals surface area contributed by atoms with Gasteiger partial charge in [0.2, 0.25) is 0 Å². The summed E-state index contributed by atoms with van der Waals surface area (Å²) in [6, 6.07) is 2.69. The minimum Gasteiger partial charge on any atom is -0.494 e. The second kappa shape index (κ2) is 5.63. The largest absolute Gasteiger partial charge is 0.494 e. The predicted molar refractivity (Wildman–Crippen MR) is 61.5 cm³/mol.